The van der Waals surface area contributed by atoms with Crippen LogP contribution in [0.25, 0.3) is 0 Å². The van der Waals surface area contributed by atoms with Crippen molar-refractivity contribution in [1.82, 2.24) is 4.90 Å². The van der Waals surface area contributed by atoms with Crippen LogP contribution in [-0.2, 0) is 0 Å². The summed E-state index contributed by atoms with van der Waals surface area (Å²) >= 11 is 0. The molecule has 0 radical (unpaired) electrons. The maximum absolute atomic E-state index is 10.3. The third-order valence-corrected chi connectivity index (χ3v) is 5.78. The van der Waals surface area contributed by atoms with Crippen LogP contribution in [0.15, 0.2) is 0 Å². The van der Waals surface area contributed by atoms with Crippen LogP contribution in [0, 0.1) is 17.8 Å². The van der Waals surface area contributed by atoms with E-state index in [-0.39, 0.29) is 6.10 Å². The molecule has 5 unspecified atom stereocenters. The van der Waals surface area contributed by atoms with Gasteiger partial charge in [0.25, 0.3) is 0 Å². The summed E-state index contributed by atoms with van der Waals surface area (Å²) in [6, 6.07) is 0.753. The van der Waals surface area contributed by atoms with Gasteiger partial charge in [0.2, 0.25) is 0 Å². The van der Waals surface area contributed by atoms with E-state index in [0.29, 0.717) is 5.92 Å². The molecule has 0 bridgehead atoms. The first-order valence-corrected chi connectivity index (χ1v) is 8.50. The van der Waals surface area contributed by atoms with Gasteiger partial charge in [-0.25, -0.2) is 0 Å². The summed E-state index contributed by atoms with van der Waals surface area (Å²) < 4.78 is 0. The van der Waals surface area contributed by atoms with Crippen molar-refractivity contribution < 1.29 is 5.11 Å². The largest absolute Gasteiger partial charge is 0.393 e. The average Bonchev–Trinajstić information content (AvgIpc) is 2.41. The molecular weight excluding hydrogens is 234 g/mol. The van der Waals surface area contributed by atoms with Gasteiger partial charge in [-0.05, 0) is 56.9 Å². The highest BCUT2D eigenvalue weighted by molar-refractivity contribution is 4.85. The van der Waals surface area contributed by atoms with E-state index in [0.717, 1.165) is 30.8 Å². The van der Waals surface area contributed by atoms with Crippen molar-refractivity contribution in [1.29, 1.82) is 0 Å². The molecular formula is C17H33NO. The Morgan fingerprint density at radius 2 is 1.84 bits per heavy atom. The second-order valence-electron chi connectivity index (χ2n) is 7.18. The van der Waals surface area contributed by atoms with Crippen LogP contribution >= 0.6 is 0 Å². The number of nitrogens with zero attached hydrogens (tertiary/aromatic N) is 1. The molecule has 19 heavy (non-hydrogen) atoms. The zero-order chi connectivity index (χ0) is 13.8. The van der Waals surface area contributed by atoms with Gasteiger partial charge in [-0.3, -0.25) is 0 Å². The van der Waals surface area contributed by atoms with Gasteiger partial charge in [-0.1, -0.05) is 33.1 Å². The number of hydrogen-bond donors (Lipinski definition) is 1. The lowest BCUT2D eigenvalue weighted by Gasteiger charge is -2.41. The van der Waals surface area contributed by atoms with Gasteiger partial charge in [0, 0.05) is 12.6 Å². The highest BCUT2D eigenvalue weighted by Crippen LogP contribution is 2.34. The fourth-order valence-corrected chi connectivity index (χ4v) is 4.37. The molecule has 1 N–H and O–H groups in total. The summed E-state index contributed by atoms with van der Waals surface area (Å²) in [6.45, 7) is 5.81. The third kappa shape index (κ3) is 3.95. The van der Waals surface area contributed by atoms with E-state index in [1.807, 2.05) is 0 Å². The highest BCUT2D eigenvalue weighted by Gasteiger charge is 2.32. The molecule has 0 heterocycles. The molecule has 0 spiro atoms. The maximum atomic E-state index is 10.3. The Morgan fingerprint density at radius 1 is 1.11 bits per heavy atom. The van der Waals surface area contributed by atoms with Crippen LogP contribution in [0.3, 0.4) is 0 Å². The summed E-state index contributed by atoms with van der Waals surface area (Å²) in [6.07, 6.45) is 10.3. The summed E-state index contributed by atoms with van der Waals surface area (Å²) in [5, 5.41) is 10.3. The Kier molecular flexibility index (Phi) is 5.70. The second-order valence-corrected chi connectivity index (χ2v) is 7.18. The Hall–Kier alpha value is -0.0800. The van der Waals surface area contributed by atoms with E-state index in [1.54, 1.807) is 0 Å². The van der Waals surface area contributed by atoms with E-state index in [4.69, 9.17) is 0 Å². The first-order valence-electron chi connectivity index (χ1n) is 8.50. The predicted octanol–water partition coefficient (Wildman–Crippen LogP) is 3.68. The summed E-state index contributed by atoms with van der Waals surface area (Å²) in [5.74, 6) is 2.20. The molecule has 0 aromatic rings. The van der Waals surface area contributed by atoms with Crippen molar-refractivity contribution in [2.24, 2.45) is 17.8 Å². The van der Waals surface area contributed by atoms with E-state index in [2.05, 4.69) is 25.8 Å². The van der Waals surface area contributed by atoms with Crippen LogP contribution in [0.5, 0.6) is 0 Å². The number of aliphatic hydroxyl groups is 1. The maximum Gasteiger partial charge on any atom is 0.0580 e. The lowest BCUT2D eigenvalue weighted by molar-refractivity contribution is 0.0146. The van der Waals surface area contributed by atoms with Crippen molar-refractivity contribution >= 4 is 0 Å². The number of hydrogen-bond acceptors (Lipinski definition) is 2. The smallest absolute Gasteiger partial charge is 0.0580 e. The molecule has 2 aliphatic carbocycles. The Morgan fingerprint density at radius 3 is 2.53 bits per heavy atom. The van der Waals surface area contributed by atoms with Gasteiger partial charge in [-0.2, -0.15) is 0 Å². The van der Waals surface area contributed by atoms with Crippen LogP contribution in [0.4, 0.5) is 0 Å². The Bertz CT molecular complexity index is 268. The van der Waals surface area contributed by atoms with Crippen molar-refractivity contribution in [2.45, 2.75) is 77.4 Å². The standard InChI is InChI=1S/C17H33NO/c1-4-14-9-10-17(19)15(11-14)12-18(3)16-8-6-5-7-13(16)2/h13-17,19H,4-12H2,1-3H3. The monoisotopic (exact) mass is 267 g/mol. The SMILES string of the molecule is CCC1CCC(O)C(CN(C)C2CCCCC2C)C1. The Balaban J connectivity index is 1.87. The van der Waals surface area contributed by atoms with Crippen LogP contribution in [0.2, 0.25) is 0 Å². The fraction of sp³-hybridized carbons (Fsp3) is 1.00. The zero-order valence-corrected chi connectivity index (χ0v) is 13.1. The summed E-state index contributed by atoms with van der Waals surface area (Å²) in [5.41, 5.74) is 0. The van der Waals surface area contributed by atoms with Crippen molar-refractivity contribution in [3.05, 3.63) is 0 Å². The quantitative estimate of drug-likeness (QED) is 0.840. The summed E-state index contributed by atoms with van der Waals surface area (Å²) in [4.78, 5) is 2.57. The minimum atomic E-state index is -0.0517. The van der Waals surface area contributed by atoms with E-state index in [9.17, 15) is 5.11 Å². The zero-order valence-electron chi connectivity index (χ0n) is 13.1. The number of rotatable bonds is 4. The first-order chi connectivity index (χ1) is 9.11. The van der Waals surface area contributed by atoms with Crippen LogP contribution in [-0.4, -0.2) is 35.7 Å². The fourth-order valence-electron chi connectivity index (χ4n) is 4.37. The minimum Gasteiger partial charge on any atom is -0.393 e. The Labute approximate surface area is 119 Å². The van der Waals surface area contributed by atoms with Crippen LogP contribution in [0.1, 0.15) is 65.2 Å². The van der Waals surface area contributed by atoms with E-state index in [1.165, 1.54) is 44.9 Å². The summed E-state index contributed by atoms with van der Waals surface area (Å²) in [7, 11) is 2.29. The van der Waals surface area contributed by atoms with Gasteiger partial charge in [0.05, 0.1) is 6.10 Å². The van der Waals surface area contributed by atoms with Gasteiger partial charge >= 0.3 is 0 Å². The normalized spacial score (nSPS) is 40.6. The molecule has 2 saturated carbocycles. The molecule has 0 amide bonds. The van der Waals surface area contributed by atoms with E-state index >= 15 is 0 Å². The molecule has 2 nitrogen and oxygen atoms in total. The molecule has 0 aromatic carbocycles. The molecule has 2 fully saturated rings. The highest BCUT2D eigenvalue weighted by atomic mass is 16.3. The minimum absolute atomic E-state index is 0.0517. The number of aliphatic hydroxyl groups excluding tert-OH is 1. The molecule has 0 aromatic heterocycles. The molecule has 2 aliphatic rings. The molecule has 2 rings (SSSR count). The van der Waals surface area contributed by atoms with Gasteiger partial charge < -0.3 is 10.0 Å². The molecule has 112 valence electrons. The van der Waals surface area contributed by atoms with Crippen molar-refractivity contribution in [3.63, 3.8) is 0 Å². The molecule has 0 aliphatic heterocycles. The van der Waals surface area contributed by atoms with Crippen molar-refractivity contribution in [3.8, 4) is 0 Å². The third-order valence-electron chi connectivity index (χ3n) is 5.78. The van der Waals surface area contributed by atoms with Gasteiger partial charge in [-0.15, -0.1) is 0 Å². The molecule has 5 atom stereocenters. The van der Waals surface area contributed by atoms with Crippen molar-refractivity contribution in [2.75, 3.05) is 13.6 Å². The van der Waals surface area contributed by atoms with E-state index < -0.39 is 0 Å². The lowest BCUT2D eigenvalue weighted by atomic mass is 9.77. The van der Waals surface area contributed by atoms with Gasteiger partial charge in [0.1, 0.15) is 0 Å². The topological polar surface area (TPSA) is 23.5 Å². The van der Waals surface area contributed by atoms with Gasteiger partial charge in [0.15, 0.2) is 0 Å². The first kappa shape index (κ1) is 15.3. The molecule has 0 saturated heterocycles. The second kappa shape index (κ2) is 7.08. The average molecular weight is 267 g/mol. The molecule has 2 heteroatoms. The van der Waals surface area contributed by atoms with Crippen LogP contribution < -0.4 is 0 Å². The lowest BCUT2D eigenvalue weighted by Crippen LogP contribution is -2.45. The predicted molar refractivity (Wildman–Crippen MR) is 81.2 cm³/mol.